The maximum absolute atomic E-state index is 13.2. The predicted molar refractivity (Wildman–Crippen MR) is 70.7 cm³/mol. The van der Waals surface area contributed by atoms with E-state index >= 15 is 0 Å². The van der Waals surface area contributed by atoms with E-state index in [9.17, 15) is 9.18 Å². The third-order valence-electron chi connectivity index (χ3n) is 2.49. The lowest BCUT2D eigenvalue weighted by Gasteiger charge is -2.22. The second kappa shape index (κ2) is 5.40. The number of anilines is 1. The van der Waals surface area contributed by atoms with E-state index in [1.165, 1.54) is 12.1 Å². The number of amides is 1. The first-order valence-corrected chi connectivity index (χ1v) is 6.46. The van der Waals surface area contributed by atoms with Crippen LogP contribution < -0.4 is 11.1 Å². The zero-order valence-electron chi connectivity index (χ0n) is 10.2. The molecule has 94 valence electrons. The lowest BCUT2D eigenvalue weighted by molar-refractivity contribution is 0.0950. The molecule has 0 fully saturated rings. The van der Waals surface area contributed by atoms with E-state index in [-0.39, 0.29) is 21.9 Å². The average molecular weight is 256 g/mol. The van der Waals surface area contributed by atoms with Gasteiger partial charge in [-0.2, -0.15) is 11.8 Å². The molecule has 0 unspecified atom stereocenters. The number of nitrogen functional groups attached to an aromatic ring is 1. The van der Waals surface area contributed by atoms with E-state index in [0.29, 0.717) is 6.54 Å². The summed E-state index contributed by atoms with van der Waals surface area (Å²) < 4.78 is 13.1. The van der Waals surface area contributed by atoms with Gasteiger partial charge in [-0.05, 0) is 38.3 Å². The number of nitrogens with one attached hydrogen (secondary N) is 1. The van der Waals surface area contributed by atoms with E-state index in [1.807, 2.05) is 20.1 Å². The number of carbonyl (C=O) groups is 1. The molecule has 3 N–H and O–H groups in total. The number of benzene rings is 1. The second-order valence-corrected chi connectivity index (χ2v) is 5.90. The van der Waals surface area contributed by atoms with E-state index in [1.54, 1.807) is 11.8 Å². The van der Waals surface area contributed by atoms with Crippen LogP contribution in [0.2, 0.25) is 0 Å². The highest BCUT2D eigenvalue weighted by molar-refractivity contribution is 7.99. The van der Waals surface area contributed by atoms with Gasteiger partial charge in [-0.3, -0.25) is 4.79 Å². The number of thioether (sulfide) groups is 1. The first kappa shape index (κ1) is 13.8. The molecule has 1 amide bonds. The van der Waals surface area contributed by atoms with Gasteiger partial charge in [-0.1, -0.05) is 0 Å². The summed E-state index contributed by atoms with van der Waals surface area (Å²) in [6.07, 6.45) is 1.98. The summed E-state index contributed by atoms with van der Waals surface area (Å²) in [5, 5.41) is 2.77. The van der Waals surface area contributed by atoms with Crippen molar-refractivity contribution in [3.63, 3.8) is 0 Å². The summed E-state index contributed by atoms with van der Waals surface area (Å²) in [6.45, 7) is 4.59. The number of hydrogen-bond acceptors (Lipinski definition) is 3. The lowest BCUT2D eigenvalue weighted by Crippen LogP contribution is -2.36. The third-order valence-corrected chi connectivity index (χ3v) is 3.74. The minimum Gasteiger partial charge on any atom is -0.396 e. The Morgan fingerprint density at radius 3 is 2.71 bits per heavy atom. The predicted octanol–water partition coefficient (Wildman–Crippen LogP) is 2.28. The summed E-state index contributed by atoms with van der Waals surface area (Å²) in [7, 11) is 0. The summed E-state index contributed by atoms with van der Waals surface area (Å²) in [5.74, 6) is -0.854. The molecule has 0 heterocycles. The van der Waals surface area contributed by atoms with Crippen molar-refractivity contribution < 1.29 is 9.18 Å². The molecular weight excluding hydrogens is 239 g/mol. The molecule has 1 aromatic rings. The highest BCUT2D eigenvalue weighted by Crippen LogP contribution is 2.20. The molecule has 0 aromatic heterocycles. The van der Waals surface area contributed by atoms with Gasteiger partial charge in [-0.25, -0.2) is 4.39 Å². The van der Waals surface area contributed by atoms with Crippen molar-refractivity contribution >= 4 is 23.4 Å². The van der Waals surface area contributed by atoms with E-state index in [2.05, 4.69) is 5.32 Å². The monoisotopic (exact) mass is 256 g/mol. The molecule has 1 aromatic carbocycles. The van der Waals surface area contributed by atoms with Gasteiger partial charge in [0.1, 0.15) is 5.82 Å². The Kier molecular flexibility index (Phi) is 4.40. The normalized spacial score (nSPS) is 11.3. The molecule has 0 aliphatic heterocycles. The molecule has 0 bridgehead atoms. The highest BCUT2D eigenvalue weighted by atomic mass is 32.2. The van der Waals surface area contributed by atoms with Gasteiger partial charge in [0.25, 0.3) is 5.91 Å². The van der Waals surface area contributed by atoms with E-state index < -0.39 is 5.82 Å². The fourth-order valence-corrected chi connectivity index (χ4v) is 1.35. The average Bonchev–Trinajstić information content (AvgIpc) is 2.30. The van der Waals surface area contributed by atoms with Crippen molar-refractivity contribution in [1.29, 1.82) is 0 Å². The van der Waals surface area contributed by atoms with Crippen molar-refractivity contribution in [3.8, 4) is 0 Å². The minimum absolute atomic E-state index is 0.0397. The van der Waals surface area contributed by atoms with Crippen molar-refractivity contribution in [1.82, 2.24) is 5.32 Å². The van der Waals surface area contributed by atoms with Crippen LogP contribution in [0, 0.1) is 5.82 Å². The molecule has 5 heteroatoms. The fourth-order valence-electron chi connectivity index (χ4n) is 1.14. The molecular formula is C12H17FN2OS. The van der Waals surface area contributed by atoms with Crippen molar-refractivity contribution in [2.45, 2.75) is 18.6 Å². The van der Waals surface area contributed by atoms with Crippen LogP contribution in [0.25, 0.3) is 0 Å². The largest absolute Gasteiger partial charge is 0.396 e. The Hall–Kier alpha value is -1.23. The van der Waals surface area contributed by atoms with Crippen LogP contribution >= 0.6 is 11.8 Å². The zero-order valence-corrected chi connectivity index (χ0v) is 11.0. The van der Waals surface area contributed by atoms with Crippen LogP contribution in [0.5, 0.6) is 0 Å². The van der Waals surface area contributed by atoms with Gasteiger partial charge in [-0.15, -0.1) is 0 Å². The van der Waals surface area contributed by atoms with Crippen LogP contribution in [-0.4, -0.2) is 23.5 Å². The molecule has 3 nitrogen and oxygen atoms in total. The molecule has 0 radical (unpaired) electrons. The van der Waals surface area contributed by atoms with Crippen LogP contribution in [0.1, 0.15) is 24.2 Å². The molecule has 0 aliphatic carbocycles. The van der Waals surface area contributed by atoms with Gasteiger partial charge >= 0.3 is 0 Å². The van der Waals surface area contributed by atoms with Crippen LogP contribution in [0.3, 0.4) is 0 Å². The Bertz CT molecular complexity index is 421. The SMILES string of the molecule is CSC(C)(C)CNC(=O)c1ccc(N)c(F)c1. The highest BCUT2D eigenvalue weighted by Gasteiger charge is 2.17. The topological polar surface area (TPSA) is 55.1 Å². The van der Waals surface area contributed by atoms with Crippen molar-refractivity contribution in [3.05, 3.63) is 29.6 Å². The summed E-state index contributed by atoms with van der Waals surface area (Å²) in [6, 6.07) is 4.06. The molecule has 0 atom stereocenters. The van der Waals surface area contributed by atoms with Gasteiger partial charge in [0.2, 0.25) is 0 Å². The molecule has 0 saturated heterocycles. The minimum atomic E-state index is -0.568. The zero-order chi connectivity index (χ0) is 13.1. The fraction of sp³-hybridized carbons (Fsp3) is 0.417. The third kappa shape index (κ3) is 3.93. The van der Waals surface area contributed by atoms with E-state index in [0.717, 1.165) is 6.07 Å². The standard InChI is InChI=1S/C12H17FN2OS/c1-12(2,17-3)7-15-11(16)8-4-5-10(14)9(13)6-8/h4-6H,7,14H2,1-3H3,(H,15,16). The maximum atomic E-state index is 13.2. The number of hydrogen-bond donors (Lipinski definition) is 2. The van der Waals surface area contributed by atoms with Gasteiger partial charge in [0.15, 0.2) is 0 Å². The van der Waals surface area contributed by atoms with Gasteiger partial charge in [0, 0.05) is 16.9 Å². The van der Waals surface area contributed by atoms with Crippen LogP contribution in [0.4, 0.5) is 10.1 Å². The van der Waals surface area contributed by atoms with E-state index in [4.69, 9.17) is 5.73 Å². The first-order valence-electron chi connectivity index (χ1n) is 5.24. The Morgan fingerprint density at radius 1 is 1.53 bits per heavy atom. The molecule has 0 spiro atoms. The number of nitrogens with two attached hydrogens (primary N) is 1. The van der Waals surface area contributed by atoms with Crippen LogP contribution in [0.15, 0.2) is 18.2 Å². The molecule has 0 aliphatic rings. The summed E-state index contributed by atoms with van der Waals surface area (Å²) >= 11 is 1.66. The van der Waals surface area contributed by atoms with Crippen LogP contribution in [-0.2, 0) is 0 Å². The Morgan fingerprint density at radius 2 is 2.18 bits per heavy atom. The quantitative estimate of drug-likeness (QED) is 0.813. The summed E-state index contributed by atoms with van der Waals surface area (Å²) in [4.78, 5) is 11.7. The lowest BCUT2D eigenvalue weighted by atomic mass is 10.1. The van der Waals surface area contributed by atoms with Crippen molar-refractivity contribution in [2.24, 2.45) is 0 Å². The number of carbonyl (C=O) groups excluding carboxylic acids is 1. The van der Waals surface area contributed by atoms with Gasteiger partial charge in [0.05, 0.1) is 5.69 Å². The maximum Gasteiger partial charge on any atom is 0.251 e. The first-order chi connectivity index (χ1) is 7.85. The molecule has 0 saturated carbocycles. The number of halogens is 1. The Labute approximate surface area is 105 Å². The van der Waals surface area contributed by atoms with Crippen molar-refractivity contribution in [2.75, 3.05) is 18.5 Å². The second-order valence-electron chi connectivity index (χ2n) is 4.38. The van der Waals surface area contributed by atoms with Gasteiger partial charge < -0.3 is 11.1 Å². The molecule has 1 rings (SSSR count). The summed E-state index contributed by atoms with van der Waals surface area (Å²) in [5.41, 5.74) is 5.68. The Balaban J connectivity index is 2.68. The molecule has 17 heavy (non-hydrogen) atoms. The smallest absolute Gasteiger partial charge is 0.251 e. The number of rotatable bonds is 4.